The summed E-state index contributed by atoms with van der Waals surface area (Å²) in [6.45, 7) is 5.28. The molecule has 1 aliphatic rings. The van der Waals surface area contributed by atoms with Crippen LogP contribution < -0.4 is 4.74 Å². The third-order valence-electron chi connectivity index (χ3n) is 6.97. The highest BCUT2D eigenvalue weighted by Crippen LogP contribution is 2.46. The lowest BCUT2D eigenvalue weighted by atomic mass is 9.90. The molecule has 0 saturated carbocycles. The molecule has 0 radical (unpaired) electrons. The minimum absolute atomic E-state index is 0.0127. The molecule has 5 nitrogen and oxygen atoms in total. The molecule has 4 aromatic rings. The first-order valence-corrected chi connectivity index (χ1v) is 11.9. The molecule has 0 aliphatic carbocycles. The molecule has 4 aromatic carbocycles. The minimum atomic E-state index is -0.0127. The van der Waals surface area contributed by atoms with E-state index in [1.165, 1.54) is 0 Å². The van der Waals surface area contributed by atoms with Crippen molar-refractivity contribution in [2.24, 2.45) is 0 Å². The zero-order chi connectivity index (χ0) is 23.5. The van der Waals surface area contributed by atoms with Gasteiger partial charge in [-0.25, -0.2) is 0 Å². The van der Waals surface area contributed by atoms with Gasteiger partial charge in [-0.3, -0.25) is 4.79 Å². The molecule has 0 aromatic heterocycles. The van der Waals surface area contributed by atoms with E-state index in [4.69, 9.17) is 9.47 Å². The minimum Gasteiger partial charge on any atom is -0.507 e. The third-order valence-corrected chi connectivity index (χ3v) is 6.97. The first kappa shape index (κ1) is 22.4. The van der Waals surface area contributed by atoms with Crippen LogP contribution in [0.25, 0.3) is 32.7 Å². The summed E-state index contributed by atoms with van der Waals surface area (Å²) in [7, 11) is 2.28. The number of fused-ring (bicyclic) bond motifs is 2. The van der Waals surface area contributed by atoms with Crippen LogP contribution in [0, 0.1) is 0 Å². The number of ether oxygens (including phenoxy) is 2. The number of rotatable bonds is 7. The van der Waals surface area contributed by atoms with Gasteiger partial charge in [0, 0.05) is 17.5 Å². The maximum Gasteiger partial charge on any atom is 0.153 e. The van der Waals surface area contributed by atoms with Crippen molar-refractivity contribution >= 4 is 27.8 Å². The molecule has 34 heavy (non-hydrogen) atoms. The van der Waals surface area contributed by atoms with E-state index >= 15 is 0 Å². The number of quaternary nitrogens is 1. The van der Waals surface area contributed by atoms with Crippen LogP contribution >= 0.6 is 0 Å². The van der Waals surface area contributed by atoms with E-state index in [2.05, 4.69) is 13.1 Å². The number of phenols is 1. The van der Waals surface area contributed by atoms with Gasteiger partial charge in [-0.05, 0) is 33.7 Å². The summed E-state index contributed by atoms with van der Waals surface area (Å²) in [5.41, 5.74) is 1.73. The van der Waals surface area contributed by atoms with Crippen LogP contribution in [0.1, 0.15) is 16.8 Å². The number of phenolic OH excluding ortho intramolecular Hbond substituents is 1. The number of hydrogen-bond donors (Lipinski definition) is 1. The first-order chi connectivity index (χ1) is 16.6. The Morgan fingerprint density at radius 1 is 0.941 bits per heavy atom. The van der Waals surface area contributed by atoms with E-state index in [9.17, 15) is 9.90 Å². The van der Waals surface area contributed by atoms with Gasteiger partial charge in [0.05, 0.1) is 39.0 Å². The Hall–Kier alpha value is -3.41. The number of nitrogens with zero attached hydrogens (tertiary/aromatic N) is 1. The highest BCUT2D eigenvalue weighted by atomic mass is 16.5. The van der Waals surface area contributed by atoms with E-state index in [1.54, 1.807) is 6.07 Å². The number of hydrogen-bond acceptors (Lipinski definition) is 4. The molecular weight excluding hydrogens is 426 g/mol. The van der Waals surface area contributed by atoms with Crippen molar-refractivity contribution in [2.45, 2.75) is 6.42 Å². The Balaban J connectivity index is 1.57. The molecule has 5 heteroatoms. The van der Waals surface area contributed by atoms with E-state index in [-0.39, 0.29) is 11.3 Å². The average molecular weight is 457 g/mol. The number of likely N-dealkylation sites (N-methyl/N-ethyl adjacent to an activating group) is 1. The van der Waals surface area contributed by atoms with Gasteiger partial charge in [0.2, 0.25) is 0 Å². The van der Waals surface area contributed by atoms with E-state index < -0.39 is 0 Å². The smallest absolute Gasteiger partial charge is 0.153 e. The summed E-state index contributed by atoms with van der Waals surface area (Å²) in [6, 6.07) is 21.7. The normalized spacial score (nSPS) is 15.4. The van der Waals surface area contributed by atoms with Gasteiger partial charge in [-0.2, -0.15) is 0 Å². The molecule has 1 aliphatic heterocycles. The fourth-order valence-electron chi connectivity index (χ4n) is 4.97. The van der Waals surface area contributed by atoms with Crippen molar-refractivity contribution in [3.05, 3.63) is 72.3 Å². The average Bonchev–Trinajstić information content (AvgIpc) is 2.87. The molecule has 174 valence electrons. The lowest BCUT2D eigenvalue weighted by Crippen LogP contribution is -2.52. The zero-order valence-corrected chi connectivity index (χ0v) is 19.5. The fourth-order valence-corrected chi connectivity index (χ4v) is 4.97. The van der Waals surface area contributed by atoms with Gasteiger partial charge >= 0.3 is 0 Å². The molecule has 1 saturated heterocycles. The number of carbonyl (C=O) groups is 1. The zero-order valence-electron chi connectivity index (χ0n) is 19.5. The number of carbonyl (C=O) groups excluding carboxylic acids is 1. The van der Waals surface area contributed by atoms with Crippen molar-refractivity contribution in [1.29, 1.82) is 0 Å². The Bertz CT molecular complexity index is 1340. The van der Waals surface area contributed by atoms with Gasteiger partial charge < -0.3 is 19.1 Å². The summed E-state index contributed by atoms with van der Waals surface area (Å²) in [6.07, 6.45) is 1.63. The molecule has 1 heterocycles. The molecule has 0 spiro atoms. The number of aldehydes is 1. The van der Waals surface area contributed by atoms with Gasteiger partial charge in [0.1, 0.15) is 24.6 Å². The van der Waals surface area contributed by atoms with Crippen LogP contribution in [0.15, 0.2) is 66.7 Å². The van der Waals surface area contributed by atoms with Crippen molar-refractivity contribution in [2.75, 3.05) is 46.5 Å². The van der Waals surface area contributed by atoms with E-state index in [0.29, 0.717) is 24.2 Å². The van der Waals surface area contributed by atoms with Crippen molar-refractivity contribution in [3.8, 4) is 22.6 Å². The molecule has 0 atom stereocenters. The van der Waals surface area contributed by atoms with Crippen molar-refractivity contribution in [3.63, 3.8) is 0 Å². The molecule has 0 amide bonds. The maximum atomic E-state index is 11.8. The number of aromatic hydroxyl groups is 1. The van der Waals surface area contributed by atoms with Crippen LogP contribution in [0.3, 0.4) is 0 Å². The fraction of sp³-hybridized carbons (Fsp3) is 0.276. The van der Waals surface area contributed by atoms with E-state index in [0.717, 1.165) is 70.9 Å². The van der Waals surface area contributed by atoms with Gasteiger partial charge in [0.25, 0.3) is 0 Å². The quantitative estimate of drug-likeness (QED) is 0.229. The Morgan fingerprint density at radius 3 is 2.35 bits per heavy atom. The van der Waals surface area contributed by atoms with Crippen LogP contribution in [-0.2, 0) is 4.74 Å². The van der Waals surface area contributed by atoms with Gasteiger partial charge in [-0.1, -0.05) is 54.6 Å². The third kappa shape index (κ3) is 4.25. The summed E-state index contributed by atoms with van der Waals surface area (Å²) in [5, 5.41) is 15.0. The molecule has 0 unspecified atom stereocenters. The molecule has 1 N–H and O–H groups in total. The second kappa shape index (κ2) is 9.45. The lowest BCUT2D eigenvalue weighted by Gasteiger charge is -2.37. The molecular formula is C29H30NO4+. The molecule has 5 rings (SSSR count). The highest BCUT2D eigenvalue weighted by molar-refractivity contribution is 6.11. The Kier molecular flexibility index (Phi) is 6.22. The van der Waals surface area contributed by atoms with Crippen molar-refractivity contribution < 1.29 is 23.9 Å². The lowest BCUT2D eigenvalue weighted by molar-refractivity contribution is -0.917. The van der Waals surface area contributed by atoms with Crippen LogP contribution in [-0.4, -0.2) is 62.4 Å². The predicted molar refractivity (Wildman–Crippen MR) is 136 cm³/mol. The van der Waals surface area contributed by atoms with E-state index in [1.807, 2.05) is 54.6 Å². The predicted octanol–water partition coefficient (Wildman–Crippen LogP) is 5.42. The molecule has 1 fully saturated rings. The van der Waals surface area contributed by atoms with Gasteiger partial charge in [0.15, 0.2) is 6.29 Å². The Labute approximate surface area is 199 Å². The van der Waals surface area contributed by atoms with Crippen molar-refractivity contribution in [1.82, 2.24) is 0 Å². The topological polar surface area (TPSA) is 55.8 Å². The van der Waals surface area contributed by atoms with Crippen LogP contribution in [0.2, 0.25) is 0 Å². The second-order valence-corrected chi connectivity index (χ2v) is 9.29. The standard InChI is InChI=1S/C29H29NO4/c1-30(14-17-33-18-15-30)13-6-16-34-26-12-11-21-7-2-4-9-24(21)27(26)28-25-10-5-3-8-22(25)19-23(20-31)29(28)32/h2-5,7-12,19-20H,6,13-18H2,1H3/p+1. The molecule has 0 bridgehead atoms. The van der Waals surface area contributed by atoms with Crippen LogP contribution in [0.5, 0.6) is 11.5 Å². The summed E-state index contributed by atoms with van der Waals surface area (Å²) in [4.78, 5) is 11.8. The SMILES string of the molecule is C[N+]1(CCCOc2ccc3ccccc3c2-c2c(O)c(C=O)cc3ccccc23)CCOCC1. The first-order valence-electron chi connectivity index (χ1n) is 11.9. The number of benzene rings is 4. The summed E-state index contributed by atoms with van der Waals surface area (Å²) >= 11 is 0. The highest BCUT2D eigenvalue weighted by Gasteiger charge is 2.25. The summed E-state index contributed by atoms with van der Waals surface area (Å²) in [5.74, 6) is 0.702. The second-order valence-electron chi connectivity index (χ2n) is 9.29. The van der Waals surface area contributed by atoms with Gasteiger partial charge in [-0.15, -0.1) is 0 Å². The van der Waals surface area contributed by atoms with Crippen LogP contribution in [0.4, 0.5) is 0 Å². The largest absolute Gasteiger partial charge is 0.507 e. The maximum absolute atomic E-state index is 11.8. The monoisotopic (exact) mass is 456 g/mol. The Morgan fingerprint density at radius 2 is 1.62 bits per heavy atom. The summed E-state index contributed by atoms with van der Waals surface area (Å²) < 4.78 is 12.9. The number of morpholine rings is 1.